The van der Waals surface area contributed by atoms with Crippen LogP contribution in [0.15, 0.2) is 53.4 Å². The summed E-state index contributed by atoms with van der Waals surface area (Å²) in [5.74, 6) is 1.05. The summed E-state index contributed by atoms with van der Waals surface area (Å²) >= 11 is 0. The summed E-state index contributed by atoms with van der Waals surface area (Å²) in [7, 11) is 3.72. The second-order valence-electron chi connectivity index (χ2n) is 11.3. The van der Waals surface area contributed by atoms with Crippen molar-refractivity contribution in [3.05, 3.63) is 60.7 Å². The largest absolute Gasteiger partial charge is 0.480 e. The van der Waals surface area contributed by atoms with E-state index in [-0.39, 0.29) is 41.9 Å². The van der Waals surface area contributed by atoms with Crippen molar-refractivity contribution in [2.24, 2.45) is 11.3 Å². The summed E-state index contributed by atoms with van der Waals surface area (Å²) in [6.07, 6.45) is 8.34. The highest BCUT2D eigenvalue weighted by Gasteiger charge is 2.58. The standard InChI is InChI=1S/C31H36N6O5/c1-37-12-9-31(10-13-37)17-22(31)28(39)35-25(19-41-14-5-8-26(38)30-32-11-15-42-30)27-33-18-24(34-27)21-16-20-6-3-4-7-23(20)36-29(21)40-2/h3-4,6-7,11,15-16,18,22,25H,5,8-10,12-14,17,19H2,1-2H3,(H,33,34)(H,35,39)/t22?,25-/m0/s1. The number of amides is 1. The number of rotatable bonds is 12. The van der Waals surface area contributed by atoms with Crippen LogP contribution in [0.25, 0.3) is 22.2 Å². The Morgan fingerprint density at radius 1 is 1.24 bits per heavy atom. The molecule has 3 aromatic heterocycles. The third-order valence-electron chi connectivity index (χ3n) is 8.55. The quantitative estimate of drug-likeness (QED) is 0.189. The van der Waals surface area contributed by atoms with Gasteiger partial charge in [-0.2, -0.15) is 0 Å². The minimum Gasteiger partial charge on any atom is -0.480 e. The van der Waals surface area contributed by atoms with Crippen LogP contribution in [-0.4, -0.2) is 77.0 Å². The van der Waals surface area contributed by atoms with Crippen molar-refractivity contribution >= 4 is 22.6 Å². The van der Waals surface area contributed by atoms with Gasteiger partial charge < -0.3 is 29.1 Å². The molecule has 0 bridgehead atoms. The fourth-order valence-electron chi connectivity index (χ4n) is 5.90. The van der Waals surface area contributed by atoms with Crippen LogP contribution in [-0.2, 0) is 9.53 Å². The van der Waals surface area contributed by atoms with Gasteiger partial charge in [-0.15, -0.1) is 0 Å². The van der Waals surface area contributed by atoms with E-state index in [9.17, 15) is 9.59 Å². The number of methoxy groups -OCH3 is 1. The molecule has 42 heavy (non-hydrogen) atoms. The number of carbonyl (C=O) groups excluding carboxylic acids is 2. The normalized spacial score (nSPS) is 18.7. The Bertz CT molecular complexity index is 1540. The highest BCUT2D eigenvalue weighted by molar-refractivity contribution is 5.91. The zero-order chi connectivity index (χ0) is 29.1. The molecule has 11 nitrogen and oxygen atoms in total. The van der Waals surface area contributed by atoms with Crippen LogP contribution in [0.1, 0.15) is 54.7 Å². The molecular formula is C31H36N6O5. The van der Waals surface area contributed by atoms with Crippen molar-refractivity contribution in [2.45, 2.75) is 38.1 Å². The maximum atomic E-state index is 13.5. The molecular weight excluding hydrogens is 536 g/mol. The molecule has 1 aliphatic carbocycles. The van der Waals surface area contributed by atoms with Gasteiger partial charge in [-0.25, -0.2) is 15.0 Å². The Morgan fingerprint density at radius 2 is 2.07 bits per heavy atom. The van der Waals surface area contributed by atoms with E-state index in [0.717, 1.165) is 54.5 Å². The van der Waals surface area contributed by atoms with Crippen molar-refractivity contribution in [1.29, 1.82) is 0 Å². The molecule has 6 rings (SSSR count). The first-order chi connectivity index (χ1) is 20.5. The molecule has 4 heterocycles. The average molecular weight is 573 g/mol. The topological polar surface area (TPSA) is 135 Å². The molecule has 2 atom stereocenters. The minimum atomic E-state index is -0.489. The van der Waals surface area contributed by atoms with Gasteiger partial charge in [0.05, 0.1) is 42.9 Å². The number of aromatic amines is 1. The number of imidazole rings is 1. The molecule has 1 spiro atoms. The second-order valence-corrected chi connectivity index (χ2v) is 11.3. The van der Waals surface area contributed by atoms with E-state index in [1.807, 2.05) is 30.3 Å². The van der Waals surface area contributed by atoms with Gasteiger partial charge in [0, 0.05) is 24.3 Å². The van der Waals surface area contributed by atoms with Gasteiger partial charge in [-0.05, 0) is 63.4 Å². The van der Waals surface area contributed by atoms with Gasteiger partial charge in [-0.1, -0.05) is 18.2 Å². The lowest BCUT2D eigenvalue weighted by Gasteiger charge is -2.30. The Kier molecular flexibility index (Phi) is 8.03. The van der Waals surface area contributed by atoms with Crippen molar-refractivity contribution < 1.29 is 23.5 Å². The number of benzene rings is 1. The fourth-order valence-corrected chi connectivity index (χ4v) is 5.90. The summed E-state index contributed by atoms with van der Waals surface area (Å²) in [6, 6.07) is 9.38. The van der Waals surface area contributed by atoms with E-state index < -0.39 is 6.04 Å². The number of ketones is 1. The number of Topliss-reactive ketones (excluding diaryl/α,β-unsaturated/α-hetero) is 1. The van der Waals surface area contributed by atoms with E-state index >= 15 is 0 Å². The Hall–Kier alpha value is -4.09. The number of piperidine rings is 1. The van der Waals surface area contributed by atoms with Gasteiger partial charge in [0.1, 0.15) is 18.1 Å². The number of hydrogen-bond acceptors (Lipinski definition) is 9. The maximum Gasteiger partial charge on any atom is 0.263 e. The molecule has 4 aromatic rings. The number of nitrogens with one attached hydrogen (secondary N) is 2. The molecule has 2 N–H and O–H groups in total. The second kappa shape index (κ2) is 12.0. The van der Waals surface area contributed by atoms with Gasteiger partial charge in [-0.3, -0.25) is 9.59 Å². The molecule has 220 valence electrons. The number of hydrogen-bond donors (Lipinski definition) is 2. The van der Waals surface area contributed by atoms with Crippen LogP contribution in [0, 0.1) is 11.3 Å². The molecule has 1 aliphatic heterocycles. The first kappa shape index (κ1) is 28.0. The summed E-state index contributed by atoms with van der Waals surface area (Å²) in [6.45, 7) is 2.59. The number of ether oxygens (including phenoxy) is 2. The molecule has 1 saturated carbocycles. The minimum absolute atomic E-state index is 0.00586. The third kappa shape index (κ3) is 5.93. The van der Waals surface area contributed by atoms with Crippen LogP contribution in [0.5, 0.6) is 5.88 Å². The van der Waals surface area contributed by atoms with E-state index in [1.54, 1.807) is 13.3 Å². The number of fused-ring (bicyclic) bond motifs is 1. The SMILES string of the molecule is COc1nc2ccccc2cc1-c1cnc([C@H](COCCCC(=O)c2ncco2)NC(=O)C2CC23CCN(C)CC3)[nH]1. The summed E-state index contributed by atoms with van der Waals surface area (Å²) in [5, 5.41) is 4.19. The number of pyridine rings is 1. The number of H-pyrrole nitrogens is 1. The first-order valence-electron chi connectivity index (χ1n) is 14.4. The maximum absolute atomic E-state index is 13.5. The lowest BCUT2D eigenvalue weighted by atomic mass is 9.91. The number of carbonyl (C=O) groups is 2. The smallest absolute Gasteiger partial charge is 0.263 e. The molecule has 11 heteroatoms. The lowest BCUT2D eigenvalue weighted by Crippen LogP contribution is -2.37. The fraction of sp³-hybridized carbons (Fsp3) is 0.452. The highest BCUT2D eigenvalue weighted by Crippen LogP contribution is 2.59. The van der Waals surface area contributed by atoms with Crippen LogP contribution in [0.4, 0.5) is 0 Å². The van der Waals surface area contributed by atoms with Crippen molar-refractivity contribution in [3.8, 4) is 17.1 Å². The molecule has 1 unspecified atom stereocenters. The van der Waals surface area contributed by atoms with Gasteiger partial charge >= 0.3 is 0 Å². The van der Waals surface area contributed by atoms with Gasteiger partial charge in [0.2, 0.25) is 17.6 Å². The molecule has 2 aliphatic rings. The molecule has 2 fully saturated rings. The highest BCUT2D eigenvalue weighted by atomic mass is 16.5. The Balaban J connectivity index is 1.16. The summed E-state index contributed by atoms with van der Waals surface area (Å²) in [5.41, 5.74) is 2.46. The van der Waals surface area contributed by atoms with Crippen LogP contribution >= 0.6 is 0 Å². The molecule has 1 saturated heterocycles. The summed E-state index contributed by atoms with van der Waals surface area (Å²) < 4.78 is 16.6. The average Bonchev–Trinajstić information content (AvgIpc) is 3.36. The zero-order valence-corrected chi connectivity index (χ0v) is 24.0. The predicted molar refractivity (Wildman–Crippen MR) is 155 cm³/mol. The van der Waals surface area contributed by atoms with E-state index in [1.165, 1.54) is 12.5 Å². The molecule has 1 amide bonds. The van der Waals surface area contributed by atoms with Crippen LogP contribution in [0.3, 0.4) is 0 Å². The molecule has 1 aromatic carbocycles. The lowest BCUT2D eigenvalue weighted by molar-refractivity contribution is -0.124. The van der Waals surface area contributed by atoms with Crippen molar-refractivity contribution in [2.75, 3.05) is 40.5 Å². The summed E-state index contributed by atoms with van der Waals surface area (Å²) in [4.78, 5) is 44.6. The number of likely N-dealkylation sites (tertiary alicyclic amines) is 1. The predicted octanol–water partition coefficient (Wildman–Crippen LogP) is 4.19. The number of oxazole rings is 1. The van der Waals surface area contributed by atoms with Gasteiger partial charge in [0.25, 0.3) is 5.89 Å². The monoisotopic (exact) mass is 572 g/mol. The van der Waals surface area contributed by atoms with Crippen molar-refractivity contribution in [1.82, 2.24) is 30.2 Å². The number of aromatic nitrogens is 4. The Labute approximate surface area is 244 Å². The van der Waals surface area contributed by atoms with Gasteiger partial charge in [0.15, 0.2) is 0 Å². The molecule has 0 radical (unpaired) electrons. The van der Waals surface area contributed by atoms with E-state index in [2.05, 4.69) is 37.2 Å². The Morgan fingerprint density at radius 3 is 2.86 bits per heavy atom. The van der Waals surface area contributed by atoms with Crippen LogP contribution < -0.4 is 10.1 Å². The first-order valence-corrected chi connectivity index (χ1v) is 14.4. The number of nitrogens with zero attached hydrogens (tertiary/aromatic N) is 4. The van der Waals surface area contributed by atoms with E-state index in [0.29, 0.717) is 24.7 Å². The van der Waals surface area contributed by atoms with E-state index in [4.69, 9.17) is 13.9 Å². The third-order valence-corrected chi connectivity index (χ3v) is 8.55. The van der Waals surface area contributed by atoms with Crippen molar-refractivity contribution in [3.63, 3.8) is 0 Å². The van der Waals surface area contributed by atoms with Crippen LogP contribution in [0.2, 0.25) is 0 Å². The zero-order valence-electron chi connectivity index (χ0n) is 24.0. The number of para-hydroxylation sites is 1.